The Bertz CT molecular complexity index is 967. The Balaban J connectivity index is 2.29. The Hall–Kier alpha value is -2.66. The number of alkyl halides is 3. The number of nitro groups is 1. The lowest BCUT2D eigenvalue weighted by Crippen LogP contribution is -2.13. The molecule has 0 aromatic heterocycles. The summed E-state index contributed by atoms with van der Waals surface area (Å²) in [4.78, 5) is 22.5. The fraction of sp³-hybridized carbons (Fsp3) is 0.235. The number of ether oxygens (including phenoxy) is 2. The van der Waals surface area contributed by atoms with Crippen LogP contribution in [-0.4, -0.2) is 33.7 Å². The number of halogens is 4. The van der Waals surface area contributed by atoms with Gasteiger partial charge in [-0.25, -0.2) is 4.79 Å². The molecule has 1 unspecified atom stereocenters. The molecule has 2 aromatic rings. The summed E-state index contributed by atoms with van der Waals surface area (Å²) in [5.41, 5.74) is -1.97. The van der Waals surface area contributed by atoms with Crippen molar-refractivity contribution in [3.8, 4) is 11.5 Å². The van der Waals surface area contributed by atoms with E-state index < -0.39 is 44.7 Å². The van der Waals surface area contributed by atoms with E-state index in [1.54, 1.807) is 0 Å². The fourth-order valence-corrected chi connectivity index (χ4v) is 2.65. The second kappa shape index (κ2) is 9.23. The number of esters is 1. The van der Waals surface area contributed by atoms with E-state index in [0.717, 1.165) is 30.3 Å². The third-order valence-electron chi connectivity index (χ3n) is 3.48. The van der Waals surface area contributed by atoms with Crippen molar-refractivity contribution in [2.75, 3.05) is 18.6 Å². The summed E-state index contributed by atoms with van der Waals surface area (Å²) in [5, 5.41) is 10.8. The van der Waals surface area contributed by atoms with Crippen LogP contribution in [0.15, 0.2) is 36.4 Å². The van der Waals surface area contributed by atoms with Crippen LogP contribution in [0.4, 0.5) is 18.9 Å². The Morgan fingerprint density at radius 1 is 1.24 bits per heavy atom. The van der Waals surface area contributed by atoms with E-state index >= 15 is 0 Å². The summed E-state index contributed by atoms with van der Waals surface area (Å²) in [6, 6.07) is 5.57. The number of benzene rings is 2. The molecule has 0 heterocycles. The topological polar surface area (TPSA) is 95.7 Å². The molecule has 12 heteroatoms. The summed E-state index contributed by atoms with van der Waals surface area (Å²) in [7, 11) is -1.23. The third-order valence-corrected chi connectivity index (χ3v) is 4.51. The van der Waals surface area contributed by atoms with Gasteiger partial charge in [-0.3, -0.25) is 14.3 Å². The van der Waals surface area contributed by atoms with Crippen molar-refractivity contribution < 1.29 is 36.6 Å². The SMILES string of the molecule is CS(=O)CCOC(=O)c1cc(Oc2ccc(C(F)(F)F)cc2Cl)ccc1[N+](=O)[O-]. The Kier molecular flexibility index (Phi) is 7.20. The van der Waals surface area contributed by atoms with Gasteiger partial charge in [0.25, 0.3) is 5.69 Å². The molecule has 7 nitrogen and oxygen atoms in total. The standard InChI is InChI=1S/C17H13ClF3NO6S/c1-29(26)7-6-27-16(23)12-9-11(3-4-14(12)22(24)25)28-15-5-2-10(8-13(15)18)17(19,20)21/h2-5,8-9H,6-7H2,1H3. The molecule has 0 radical (unpaired) electrons. The molecule has 0 amide bonds. The second-order valence-corrected chi connectivity index (χ2v) is 7.56. The van der Waals surface area contributed by atoms with Crippen LogP contribution in [0.1, 0.15) is 15.9 Å². The molecule has 0 N–H and O–H groups in total. The number of nitro benzene ring substituents is 1. The summed E-state index contributed by atoms with van der Waals surface area (Å²) in [5.74, 6) is -1.21. The lowest BCUT2D eigenvalue weighted by molar-refractivity contribution is -0.385. The lowest BCUT2D eigenvalue weighted by Gasteiger charge is -2.12. The van der Waals surface area contributed by atoms with Crippen LogP contribution in [0.2, 0.25) is 5.02 Å². The predicted octanol–water partition coefficient (Wildman–Crippen LogP) is 4.59. The zero-order valence-corrected chi connectivity index (χ0v) is 16.3. The first-order chi connectivity index (χ1) is 13.5. The van der Waals surface area contributed by atoms with Gasteiger partial charge in [-0.05, 0) is 24.3 Å². The smallest absolute Gasteiger partial charge is 0.416 e. The minimum atomic E-state index is -4.59. The Morgan fingerprint density at radius 3 is 2.48 bits per heavy atom. The highest BCUT2D eigenvalue weighted by molar-refractivity contribution is 7.84. The largest absolute Gasteiger partial charge is 0.461 e. The minimum absolute atomic E-state index is 0.0525. The van der Waals surface area contributed by atoms with Crippen molar-refractivity contribution in [2.45, 2.75) is 6.18 Å². The average Bonchev–Trinajstić information content (AvgIpc) is 2.61. The predicted molar refractivity (Wildman–Crippen MR) is 98.8 cm³/mol. The van der Waals surface area contributed by atoms with Crippen molar-refractivity contribution in [1.82, 2.24) is 0 Å². The highest BCUT2D eigenvalue weighted by Crippen LogP contribution is 2.37. The number of carbonyl (C=O) groups excluding carboxylic acids is 1. The van der Waals surface area contributed by atoms with Gasteiger partial charge in [-0.15, -0.1) is 0 Å². The van der Waals surface area contributed by atoms with Gasteiger partial charge in [0.1, 0.15) is 23.7 Å². The van der Waals surface area contributed by atoms with Gasteiger partial charge in [0.15, 0.2) is 0 Å². The van der Waals surface area contributed by atoms with Crippen LogP contribution in [0.3, 0.4) is 0 Å². The maximum atomic E-state index is 12.7. The average molecular weight is 452 g/mol. The molecule has 0 saturated carbocycles. The molecular weight excluding hydrogens is 439 g/mol. The van der Waals surface area contributed by atoms with Crippen LogP contribution < -0.4 is 4.74 Å². The molecule has 1 atom stereocenters. The molecule has 0 spiro atoms. The first-order valence-corrected chi connectivity index (χ1v) is 9.89. The van der Waals surface area contributed by atoms with E-state index in [9.17, 15) is 32.3 Å². The van der Waals surface area contributed by atoms with E-state index in [-0.39, 0.29) is 28.9 Å². The first-order valence-electron chi connectivity index (χ1n) is 7.79. The van der Waals surface area contributed by atoms with Crippen LogP contribution in [0.25, 0.3) is 0 Å². The van der Waals surface area contributed by atoms with E-state index in [4.69, 9.17) is 21.1 Å². The van der Waals surface area contributed by atoms with Gasteiger partial charge in [-0.2, -0.15) is 13.2 Å². The zero-order chi connectivity index (χ0) is 21.8. The van der Waals surface area contributed by atoms with Gasteiger partial charge in [0.05, 0.1) is 21.3 Å². The van der Waals surface area contributed by atoms with Crippen molar-refractivity contribution in [3.05, 3.63) is 62.7 Å². The maximum absolute atomic E-state index is 12.7. The van der Waals surface area contributed by atoms with E-state index in [1.165, 1.54) is 6.26 Å². The van der Waals surface area contributed by atoms with Crippen LogP contribution in [0, 0.1) is 10.1 Å². The number of rotatable bonds is 7. The molecule has 2 aromatic carbocycles. The number of hydrogen-bond donors (Lipinski definition) is 0. The molecule has 0 saturated heterocycles. The molecule has 0 fully saturated rings. The fourth-order valence-electron chi connectivity index (χ4n) is 2.12. The molecule has 0 aliphatic rings. The third kappa shape index (κ3) is 6.16. The molecule has 0 bridgehead atoms. The van der Waals surface area contributed by atoms with Gasteiger partial charge in [0, 0.05) is 29.2 Å². The first kappa shape index (κ1) is 22.6. The van der Waals surface area contributed by atoms with Crippen molar-refractivity contribution >= 4 is 34.1 Å². The normalized spacial score (nSPS) is 12.3. The van der Waals surface area contributed by atoms with Crippen LogP contribution >= 0.6 is 11.6 Å². The summed E-state index contributed by atoms with van der Waals surface area (Å²) >= 11 is 5.81. The van der Waals surface area contributed by atoms with E-state index in [2.05, 4.69) is 0 Å². The Morgan fingerprint density at radius 2 is 1.93 bits per heavy atom. The van der Waals surface area contributed by atoms with Crippen LogP contribution in [-0.2, 0) is 21.7 Å². The molecule has 0 aliphatic heterocycles. The van der Waals surface area contributed by atoms with Gasteiger partial charge < -0.3 is 9.47 Å². The number of carbonyl (C=O) groups is 1. The highest BCUT2D eigenvalue weighted by Gasteiger charge is 2.31. The molecular formula is C17H13ClF3NO6S. The summed E-state index contributed by atoms with van der Waals surface area (Å²) in [6.07, 6.45) is -3.19. The van der Waals surface area contributed by atoms with Crippen molar-refractivity contribution in [2.24, 2.45) is 0 Å². The molecule has 0 aliphatic carbocycles. The number of nitrogens with zero attached hydrogens (tertiary/aromatic N) is 1. The zero-order valence-electron chi connectivity index (χ0n) is 14.7. The summed E-state index contributed by atoms with van der Waals surface area (Å²) in [6.45, 7) is -0.213. The van der Waals surface area contributed by atoms with E-state index in [0.29, 0.717) is 6.07 Å². The van der Waals surface area contributed by atoms with Crippen LogP contribution in [0.5, 0.6) is 11.5 Å². The monoisotopic (exact) mass is 451 g/mol. The Labute approximate surface area is 170 Å². The second-order valence-electron chi connectivity index (χ2n) is 5.59. The highest BCUT2D eigenvalue weighted by atomic mass is 35.5. The number of hydrogen-bond acceptors (Lipinski definition) is 6. The quantitative estimate of drug-likeness (QED) is 0.347. The van der Waals surface area contributed by atoms with E-state index in [1.807, 2.05) is 0 Å². The minimum Gasteiger partial charge on any atom is -0.461 e. The summed E-state index contributed by atoms with van der Waals surface area (Å²) < 4.78 is 59.4. The van der Waals surface area contributed by atoms with Crippen molar-refractivity contribution in [1.29, 1.82) is 0 Å². The molecule has 2 rings (SSSR count). The maximum Gasteiger partial charge on any atom is 0.416 e. The van der Waals surface area contributed by atoms with Gasteiger partial charge >= 0.3 is 12.1 Å². The lowest BCUT2D eigenvalue weighted by atomic mass is 10.1. The van der Waals surface area contributed by atoms with Gasteiger partial charge in [-0.1, -0.05) is 11.6 Å². The van der Waals surface area contributed by atoms with Crippen molar-refractivity contribution in [3.63, 3.8) is 0 Å². The molecule has 156 valence electrons. The van der Waals surface area contributed by atoms with Gasteiger partial charge in [0.2, 0.25) is 0 Å². The molecule has 29 heavy (non-hydrogen) atoms.